The number of thiophene rings is 1. The first-order valence-corrected chi connectivity index (χ1v) is 12.2. The van der Waals surface area contributed by atoms with Gasteiger partial charge in [-0.1, -0.05) is 37.3 Å². The summed E-state index contributed by atoms with van der Waals surface area (Å²) in [7, 11) is 0. The van der Waals surface area contributed by atoms with Crippen LogP contribution in [0.5, 0.6) is 0 Å². The van der Waals surface area contributed by atoms with Crippen LogP contribution in [0.15, 0.2) is 69.3 Å². The molecule has 2 aromatic heterocycles. The summed E-state index contributed by atoms with van der Waals surface area (Å²) in [6.45, 7) is 0.964. The summed E-state index contributed by atoms with van der Waals surface area (Å²) in [6.07, 6.45) is -2.36. The molecular formula is C24H23BrF3NO4S. The number of benzene rings is 1. The number of hydrogen-bond donors (Lipinski definition) is 1. The second kappa shape index (κ2) is 9.39. The fraction of sp³-hybridized carbons (Fsp3) is 0.375. The third kappa shape index (κ3) is 5.18. The molecule has 0 saturated heterocycles. The molecule has 0 fully saturated rings. The molecule has 1 aliphatic rings. The minimum Gasteiger partial charge on any atom is -0.462 e. The molecule has 1 aromatic carbocycles. The zero-order chi connectivity index (χ0) is 24.6. The largest absolute Gasteiger partial charge is 0.462 e. The van der Waals surface area contributed by atoms with E-state index >= 15 is 0 Å². The molecule has 182 valence electrons. The van der Waals surface area contributed by atoms with Crippen molar-refractivity contribution in [2.75, 3.05) is 6.79 Å². The number of aromatic nitrogens is 1. The quantitative estimate of drug-likeness (QED) is 0.369. The van der Waals surface area contributed by atoms with Crippen molar-refractivity contribution < 1.29 is 27.8 Å². The number of alkyl halides is 3. The molecule has 0 spiro atoms. The number of ether oxygens (including phenoxy) is 2. The Morgan fingerprint density at radius 3 is 2.56 bits per heavy atom. The van der Waals surface area contributed by atoms with E-state index < -0.39 is 30.2 Å². The average Bonchev–Trinajstić information content (AvgIpc) is 3.43. The summed E-state index contributed by atoms with van der Waals surface area (Å²) in [4.78, 5) is 12.4. The Kier molecular flexibility index (Phi) is 6.85. The number of rotatable bonds is 8. The lowest BCUT2D eigenvalue weighted by atomic mass is 9.71. The predicted molar refractivity (Wildman–Crippen MR) is 127 cm³/mol. The normalized spacial score (nSPS) is 17.5. The monoisotopic (exact) mass is 557 g/mol. The minimum atomic E-state index is -4.93. The van der Waals surface area contributed by atoms with E-state index in [1.54, 1.807) is 18.4 Å². The van der Waals surface area contributed by atoms with Gasteiger partial charge in [-0.15, -0.1) is 11.3 Å². The number of fused-ring (bicyclic) bond motifs is 1. The zero-order valence-electron chi connectivity index (χ0n) is 18.3. The maximum atomic E-state index is 14.5. The number of nitrogens with zero attached hydrogens (tertiary/aromatic N) is 1. The van der Waals surface area contributed by atoms with Crippen molar-refractivity contribution in [3.05, 3.63) is 80.3 Å². The number of allylic oxidation sites excluding steroid dienone is 1. The molecule has 1 N–H and O–H groups in total. The fourth-order valence-electron chi connectivity index (χ4n) is 4.50. The molecule has 5 nitrogen and oxygen atoms in total. The maximum absolute atomic E-state index is 14.5. The molecule has 2 atom stereocenters. The van der Waals surface area contributed by atoms with Crippen LogP contribution in [-0.4, -0.2) is 28.2 Å². The molecule has 0 radical (unpaired) electrons. The second-order valence-electron chi connectivity index (χ2n) is 8.94. The van der Waals surface area contributed by atoms with Gasteiger partial charge in [0.25, 0.3) is 0 Å². The van der Waals surface area contributed by atoms with Crippen LogP contribution in [0, 0.1) is 5.41 Å². The molecule has 10 heteroatoms. The van der Waals surface area contributed by atoms with Gasteiger partial charge in [0, 0.05) is 12.6 Å². The van der Waals surface area contributed by atoms with E-state index in [0.29, 0.717) is 16.0 Å². The number of aliphatic hydroxyl groups is 1. The van der Waals surface area contributed by atoms with Gasteiger partial charge in [0.2, 0.25) is 12.2 Å². The third-order valence-electron chi connectivity index (χ3n) is 5.93. The van der Waals surface area contributed by atoms with Gasteiger partial charge < -0.3 is 19.1 Å². The van der Waals surface area contributed by atoms with Gasteiger partial charge in [-0.3, -0.25) is 4.79 Å². The number of halogens is 4. The van der Waals surface area contributed by atoms with E-state index in [-0.39, 0.29) is 29.5 Å². The summed E-state index contributed by atoms with van der Waals surface area (Å²) in [6, 6.07) is 10.8. The number of hydrogen-bond acceptors (Lipinski definition) is 5. The minimum absolute atomic E-state index is 0.0157. The molecule has 0 amide bonds. The van der Waals surface area contributed by atoms with Crippen LogP contribution < -0.4 is 5.43 Å². The highest BCUT2D eigenvalue weighted by molar-refractivity contribution is 9.10. The summed E-state index contributed by atoms with van der Waals surface area (Å²) in [5.74, 6) is 0.439. The van der Waals surface area contributed by atoms with Gasteiger partial charge in [-0.2, -0.15) is 13.2 Å². The Morgan fingerprint density at radius 2 is 1.91 bits per heavy atom. The smallest absolute Gasteiger partial charge is 0.418 e. The maximum Gasteiger partial charge on any atom is 0.418 e. The highest BCUT2D eigenvalue weighted by Gasteiger charge is 2.57. The van der Waals surface area contributed by atoms with E-state index in [1.165, 1.54) is 17.0 Å². The molecule has 4 rings (SSSR count). The molecule has 34 heavy (non-hydrogen) atoms. The standard InChI is InChI=1S/C24H23BrF3NO4S/c1-22(10-17-12-32-15-33-17,9-16-5-3-2-4-6-16)13-23(31,24(26,27)28)14-29-11-18(25)20(30)21-19(29)7-8-34-21/h2-8,11-12,31H,9-10,13-15H2,1H3. The second-order valence-corrected chi connectivity index (χ2v) is 10.7. The third-order valence-corrected chi connectivity index (χ3v) is 7.39. The lowest BCUT2D eigenvalue weighted by molar-refractivity contribution is -0.275. The van der Waals surface area contributed by atoms with Gasteiger partial charge in [-0.05, 0) is 51.2 Å². The predicted octanol–water partition coefficient (Wildman–Crippen LogP) is 5.99. The SMILES string of the molecule is CC(CC1=COCO1)(Cc1ccccc1)CC(O)(Cn1cc(Br)c(=O)c2sccc21)C(F)(F)F. The van der Waals surface area contributed by atoms with Crippen molar-refractivity contribution in [3.63, 3.8) is 0 Å². The summed E-state index contributed by atoms with van der Waals surface area (Å²) in [5.41, 5.74) is -3.19. The Bertz CT molecular complexity index is 1260. The van der Waals surface area contributed by atoms with E-state index in [9.17, 15) is 23.1 Å². The molecule has 2 unspecified atom stereocenters. The van der Waals surface area contributed by atoms with Gasteiger partial charge in [-0.25, -0.2) is 0 Å². The molecule has 1 aliphatic heterocycles. The van der Waals surface area contributed by atoms with Crippen LogP contribution >= 0.6 is 27.3 Å². The fourth-order valence-corrected chi connectivity index (χ4v) is 5.93. The van der Waals surface area contributed by atoms with Crippen LogP contribution in [0.3, 0.4) is 0 Å². The van der Waals surface area contributed by atoms with E-state index in [0.717, 1.165) is 16.9 Å². The Balaban J connectivity index is 1.73. The average molecular weight is 558 g/mol. The van der Waals surface area contributed by atoms with Crippen LogP contribution in [0.1, 0.15) is 25.3 Å². The first-order chi connectivity index (χ1) is 16.0. The lowest BCUT2D eigenvalue weighted by Crippen LogP contribution is -2.52. The highest BCUT2D eigenvalue weighted by atomic mass is 79.9. The highest BCUT2D eigenvalue weighted by Crippen LogP contribution is 2.46. The molecule has 0 aliphatic carbocycles. The zero-order valence-corrected chi connectivity index (χ0v) is 20.7. The van der Waals surface area contributed by atoms with Crippen molar-refractivity contribution >= 4 is 37.5 Å². The summed E-state index contributed by atoms with van der Waals surface area (Å²) in [5, 5.41) is 12.9. The molecule has 3 aromatic rings. The molecule has 0 bridgehead atoms. The molecule has 3 heterocycles. The van der Waals surface area contributed by atoms with Crippen molar-refractivity contribution in [3.8, 4) is 0 Å². The van der Waals surface area contributed by atoms with Crippen molar-refractivity contribution in [1.29, 1.82) is 0 Å². The van der Waals surface area contributed by atoms with Crippen molar-refractivity contribution in [1.82, 2.24) is 4.57 Å². The Labute approximate surface area is 206 Å². The summed E-state index contributed by atoms with van der Waals surface area (Å²) >= 11 is 4.29. The van der Waals surface area contributed by atoms with Crippen LogP contribution in [0.4, 0.5) is 13.2 Å². The number of pyridine rings is 1. The summed E-state index contributed by atoms with van der Waals surface area (Å²) < 4.78 is 55.7. The Hall–Kier alpha value is -2.30. The molecule has 0 saturated carbocycles. The van der Waals surface area contributed by atoms with Crippen molar-refractivity contribution in [2.45, 2.75) is 44.5 Å². The van der Waals surface area contributed by atoms with E-state index in [2.05, 4.69) is 15.9 Å². The van der Waals surface area contributed by atoms with Gasteiger partial charge in [0.05, 0.1) is 21.2 Å². The van der Waals surface area contributed by atoms with E-state index in [1.807, 2.05) is 30.3 Å². The lowest BCUT2D eigenvalue weighted by Gasteiger charge is -2.40. The first kappa shape index (κ1) is 24.8. The molecular weight excluding hydrogens is 535 g/mol. The first-order valence-electron chi connectivity index (χ1n) is 10.5. The Morgan fingerprint density at radius 1 is 1.18 bits per heavy atom. The topological polar surface area (TPSA) is 60.7 Å². The van der Waals surface area contributed by atoms with Crippen LogP contribution in [0.25, 0.3) is 10.2 Å². The van der Waals surface area contributed by atoms with Gasteiger partial charge in [0.15, 0.2) is 5.60 Å². The van der Waals surface area contributed by atoms with Crippen molar-refractivity contribution in [2.24, 2.45) is 5.41 Å². The van der Waals surface area contributed by atoms with Crippen LogP contribution in [-0.2, 0) is 22.4 Å². The van der Waals surface area contributed by atoms with Gasteiger partial charge >= 0.3 is 6.18 Å². The van der Waals surface area contributed by atoms with Crippen LogP contribution in [0.2, 0.25) is 0 Å². The van der Waals surface area contributed by atoms with E-state index in [4.69, 9.17) is 9.47 Å². The van der Waals surface area contributed by atoms with Gasteiger partial charge in [0.1, 0.15) is 12.0 Å².